The Labute approximate surface area is 131 Å². The molecule has 0 aliphatic carbocycles. The Morgan fingerprint density at radius 3 is 2.22 bits per heavy atom. The van der Waals surface area contributed by atoms with Crippen molar-refractivity contribution in [3.05, 3.63) is 26.7 Å². The molecule has 0 bridgehead atoms. The van der Waals surface area contributed by atoms with Crippen LogP contribution in [-0.2, 0) is 10.0 Å². The first-order valence-corrected chi connectivity index (χ1v) is 7.68. The van der Waals surface area contributed by atoms with Gasteiger partial charge < -0.3 is 5.73 Å². The van der Waals surface area contributed by atoms with Crippen LogP contribution in [0.4, 0.5) is 0 Å². The summed E-state index contributed by atoms with van der Waals surface area (Å²) in [5.41, 5.74) is 5.36. The van der Waals surface area contributed by atoms with Gasteiger partial charge in [-0.3, -0.25) is 0 Å². The van der Waals surface area contributed by atoms with Crippen LogP contribution in [0.3, 0.4) is 0 Å². The SMILES string of the molecule is C[C@H](CN)NS(=O)(=O)c1c(Cl)cc(Br)cc1Cl.Cl. The molecule has 104 valence electrons. The van der Waals surface area contributed by atoms with Crippen LogP contribution in [0.15, 0.2) is 21.5 Å². The predicted molar refractivity (Wildman–Crippen MR) is 80.2 cm³/mol. The minimum atomic E-state index is -3.76. The lowest BCUT2D eigenvalue weighted by Gasteiger charge is -2.14. The summed E-state index contributed by atoms with van der Waals surface area (Å²) in [5, 5.41) is 0.113. The molecule has 0 saturated carbocycles. The van der Waals surface area contributed by atoms with E-state index in [1.165, 1.54) is 12.1 Å². The number of halogens is 4. The van der Waals surface area contributed by atoms with Gasteiger partial charge in [0.25, 0.3) is 0 Å². The van der Waals surface area contributed by atoms with Crippen LogP contribution in [0.2, 0.25) is 10.0 Å². The third kappa shape index (κ3) is 4.52. The maximum atomic E-state index is 12.0. The molecule has 0 aromatic heterocycles. The molecule has 0 fully saturated rings. The zero-order chi connectivity index (χ0) is 13.2. The predicted octanol–water partition coefficient (Wildman–Crippen LogP) is 2.80. The minimum absolute atomic E-state index is 0. The van der Waals surface area contributed by atoms with Crippen molar-refractivity contribution in [3.63, 3.8) is 0 Å². The highest BCUT2D eigenvalue weighted by molar-refractivity contribution is 9.10. The van der Waals surface area contributed by atoms with Gasteiger partial charge in [-0.2, -0.15) is 0 Å². The van der Waals surface area contributed by atoms with Crippen molar-refractivity contribution in [1.82, 2.24) is 4.72 Å². The van der Waals surface area contributed by atoms with Crippen LogP contribution in [-0.4, -0.2) is 21.0 Å². The molecule has 0 unspecified atom stereocenters. The molecule has 0 spiro atoms. The lowest BCUT2D eigenvalue weighted by molar-refractivity contribution is 0.563. The van der Waals surface area contributed by atoms with Crippen LogP contribution in [0.1, 0.15) is 6.92 Å². The van der Waals surface area contributed by atoms with Gasteiger partial charge in [-0.25, -0.2) is 13.1 Å². The van der Waals surface area contributed by atoms with Gasteiger partial charge in [-0.05, 0) is 19.1 Å². The molecule has 9 heteroatoms. The Bertz CT molecular complexity index is 502. The van der Waals surface area contributed by atoms with Gasteiger partial charge in [0.15, 0.2) is 0 Å². The van der Waals surface area contributed by atoms with Gasteiger partial charge >= 0.3 is 0 Å². The second kappa shape index (κ2) is 7.28. The summed E-state index contributed by atoms with van der Waals surface area (Å²) in [6.07, 6.45) is 0. The fourth-order valence-corrected chi connectivity index (χ4v) is 4.35. The molecule has 0 amide bonds. The molecule has 1 aromatic carbocycles. The lowest BCUT2D eigenvalue weighted by atomic mass is 10.4. The second-order valence-corrected chi connectivity index (χ2v) is 6.84. The van der Waals surface area contributed by atoms with Crippen molar-refractivity contribution in [2.45, 2.75) is 17.9 Å². The van der Waals surface area contributed by atoms with Crippen molar-refractivity contribution in [1.29, 1.82) is 0 Å². The van der Waals surface area contributed by atoms with Crippen molar-refractivity contribution < 1.29 is 8.42 Å². The standard InChI is InChI=1S/C9H11BrCl2N2O2S.ClH/c1-5(4-13)14-17(15,16)9-7(11)2-6(10)3-8(9)12;/h2-3,5,14H,4,13H2,1H3;1H/t5-;/m1./s1. The molecule has 1 atom stereocenters. The molecule has 4 nitrogen and oxygen atoms in total. The quantitative estimate of drug-likeness (QED) is 0.819. The third-order valence-electron chi connectivity index (χ3n) is 1.94. The van der Waals surface area contributed by atoms with E-state index in [1.54, 1.807) is 6.92 Å². The van der Waals surface area contributed by atoms with Gasteiger partial charge in [0.1, 0.15) is 4.90 Å². The largest absolute Gasteiger partial charge is 0.329 e. The third-order valence-corrected chi connectivity index (χ3v) is 4.91. The van der Waals surface area contributed by atoms with Crippen LogP contribution in [0, 0.1) is 0 Å². The van der Waals surface area contributed by atoms with Crippen LogP contribution < -0.4 is 10.5 Å². The highest BCUT2D eigenvalue weighted by atomic mass is 79.9. The summed E-state index contributed by atoms with van der Waals surface area (Å²) in [6.45, 7) is 1.84. The van der Waals surface area contributed by atoms with E-state index < -0.39 is 16.1 Å². The van der Waals surface area contributed by atoms with Gasteiger partial charge in [0.2, 0.25) is 10.0 Å². The molecule has 1 rings (SSSR count). The fraction of sp³-hybridized carbons (Fsp3) is 0.333. The summed E-state index contributed by atoms with van der Waals surface area (Å²) in [4.78, 5) is -0.135. The molecule has 18 heavy (non-hydrogen) atoms. The fourth-order valence-electron chi connectivity index (χ4n) is 1.16. The van der Waals surface area contributed by atoms with E-state index in [9.17, 15) is 8.42 Å². The first-order chi connectivity index (χ1) is 7.77. The maximum absolute atomic E-state index is 12.0. The number of nitrogens with one attached hydrogen (secondary N) is 1. The Balaban J connectivity index is 0.00000289. The summed E-state index contributed by atoms with van der Waals surface area (Å²) in [7, 11) is -3.76. The van der Waals surface area contributed by atoms with E-state index in [0.717, 1.165) is 0 Å². The summed E-state index contributed by atoms with van der Waals surface area (Å²) in [5.74, 6) is 0. The second-order valence-electron chi connectivity index (χ2n) is 3.46. The summed E-state index contributed by atoms with van der Waals surface area (Å²) < 4.78 is 27.0. The highest BCUT2D eigenvalue weighted by Crippen LogP contribution is 2.32. The van der Waals surface area contributed by atoms with E-state index in [4.69, 9.17) is 28.9 Å². The summed E-state index contributed by atoms with van der Waals surface area (Å²) >= 11 is 14.9. The zero-order valence-corrected chi connectivity index (χ0v) is 14.0. The molecule has 3 N–H and O–H groups in total. The first kappa shape index (κ1) is 18.4. The average Bonchev–Trinajstić information content (AvgIpc) is 2.14. The lowest BCUT2D eigenvalue weighted by Crippen LogP contribution is -2.38. The zero-order valence-electron chi connectivity index (χ0n) is 9.28. The molecule has 0 aliphatic heterocycles. The smallest absolute Gasteiger partial charge is 0.243 e. The van der Waals surface area contributed by atoms with Crippen LogP contribution >= 0.6 is 51.5 Å². The Morgan fingerprint density at radius 1 is 1.39 bits per heavy atom. The van der Waals surface area contributed by atoms with E-state index in [-0.39, 0.29) is 33.9 Å². The number of benzene rings is 1. The maximum Gasteiger partial charge on any atom is 0.243 e. The minimum Gasteiger partial charge on any atom is -0.329 e. The van der Waals surface area contributed by atoms with E-state index >= 15 is 0 Å². The molecule has 1 aromatic rings. The van der Waals surface area contributed by atoms with Crippen molar-refractivity contribution in [2.24, 2.45) is 5.73 Å². The van der Waals surface area contributed by atoms with Gasteiger partial charge in [-0.1, -0.05) is 39.1 Å². The van der Waals surface area contributed by atoms with Crippen molar-refractivity contribution in [2.75, 3.05) is 6.54 Å². The summed E-state index contributed by atoms with van der Waals surface area (Å²) in [6, 6.07) is 2.54. The Morgan fingerprint density at radius 2 is 1.83 bits per heavy atom. The Hall–Kier alpha value is 0.440. The molecule has 0 heterocycles. The van der Waals surface area contributed by atoms with Crippen LogP contribution in [0.25, 0.3) is 0 Å². The Kier molecular flexibility index (Phi) is 7.46. The number of nitrogens with two attached hydrogens (primary N) is 1. The number of sulfonamides is 1. The topological polar surface area (TPSA) is 72.2 Å². The van der Waals surface area contributed by atoms with Gasteiger partial charge in [0, 0.05) is 17.1 Å². The number of hydrogen-bond donors (Lipinski definition) is 2. The van der Waals surface area contributed by atoms with E-state index in [1.807, 2.05) is 0 Å². The van der Waals surface area contributed by atoms with E-state index in [2.05, 4.69) is 20.7 Å². The molecular weight excluding hydrogens is 386 g/mol. The van der Waals surface area contributed by atoms with Crippen LogP contribution in [0.5, 0.6) is 0 Å². The number of hydrogen-bond acceptors (Lipinski definition) is 3. The highest BCUT2D eigenvalue weighted by Gasteiger charge is 2.23. The molecule has 0 aliphatic rings. The molecule has 0 radical (unpaired) electrons. The van der Waals surface area contributed by atoms with Gasteiger partial charge in [0.05, 0.1) is 10.0 Å². The van der Waals surface area contributed by atoms with E-state index in [0.29, 0.717) is 4.47 Å². The monoisotopic (exact) mass is 396 g/mol. The molecular formula is C9H12BrCl3N2O2S. The van der Waals surface area contributed by atoms with Gasteiger partial charge in [-0.15, -0.1) is 12.4 Å². The average molecular weight is 399 g/mol. The van der Waals surface area contributed by atoms with Crippen molar-refractivity contribution >= 4 is 61.6 Å². The molecule has 0 saturated heterocycles. The normalized spacial score (nSPS) is 12.9. The number of rotatable bonds is 4. The first-order valence-electron chi connectivity index (χ1n) is 4.65. The van der Waals surface area contributed by atoms with Crippen molar-refractivity contribution in [3.8, 4) is 0 Å².